The van der Waals surface area contributed by atoms with Crippen LogP contribution in [0, 0.1) is 3.70 Å². The van der Waals surface area contributed by atoms with Crippen LogP contribution in [0.1, 0.15) is 5.56 Å². The third kappa shape index (κ3) is 2.28. The maximum absolute atomic E-state index is 12.5. The molecule has 0 radical (unpaired) electrons. The minimum absolute atomic E-state index is 0.653. The number of halogens is 4. The molecule has 0 fully saturated rings. The van der Waals surface area contributed by atoms with Crippen molar-refractivity contribution in [3.8, 4) is 11.3 Å². The predicted octanol–water partition coefficient (Wildman–Crippen LogP) is 4.62. The maximum atomic E-state index is 12.5. The summed E-state index contributed by atoms with van der Waals surface area (Å²) in [5, 5.41) is 0. The number of rotatable bonds is 1. The molecular weight excluding hydrogens is 380 g/mol. The van der Waals surface area contributed by atoms with Crippen molar-refractivity contribution < 1.29 is 13.2 Å². The molecule has 2 nitrogen and oxygen atoms in total. The first-order valence-electron chi connectivity index (χ1n) is 5.77. The molecule has 1 aromatic carbocycles. The van der Waals surface area contributed by atoms with Crippen LogP contribution in [0.15, 0.2) is 48.7 Å². The molecule has 0 amide bonds. The van der Waals surface area contributed by atoms with Crippen molar-refractivity contribution in [1.29, 1.82) is 0 Å². The van der Waals surface area contributed by atoms with Crippen LogP contribution in [0.4, 0.5) is 13.2 Å². The smallest absolute Gasteiger partial charge is 0.294 e. The van der Waals surface area contributed by atoms with Crippen LogP contribution in [0.2, 0.25) is 0 Å². The van der Waals surface area contributed by atoms with E-state index in [1.54, 1.807) is 0 Å². The summed E-state index contributed by atoms with van der Waals surface area (Å²) in [5.74, 6) is 0. The van der Waals surface area contributed by atoms with Gasteiger partial charge in [-0.25, -0.2) is 4.98 Å². The number of benzene rings is 1. The minimum atomic E-state index is -4.31. The molecule has 3 aromatic rings. The van der Waals surface area contributed by atoms with Crippen molar-refractivity contribution in [3.63, 3.8) is 0 Å². The molecule has 0 aliphatic carbocycles. The second-order valence-corrected chi connectivity index (χ2v) is 5.28. The van der Waals surface area contributed by atoms with E-state index in [0.29, 0.717) is 11.3 Å². The van der Waals surface area contributed by atoms with Gasteiger partial charge in [-0.1, -0.05) is 18.2 Å². The maximum Gasteiger partial charge on any atom is 0.416 e. The number of pyridine rings is 1. The van der Waals surface area contributed by atoms with E-state index in [2.05, 4.69) is 27.6 Å². The third-order valence-corrected chi connectivity index (χ3v) is 3.99. The van der Waals surface area contributed by atoms with E-state index in [0.717, 1.165) is 21.5 Å². The zero-order valence-electron chi connectivity index (χ0n) is 10.0. The zero-order valence-corrected chi connectivity index (χ0v) is 12.2. The second kappa shape index (κ2) is 4.76. The molecule has 3 rings (SSSR count). The van der Waals surface area contributed by atoms with Gasteiger partial charge in [0.1, 0.15) is 15.0 Å². The Bertz CT molecular complexity index is 760. The lowest BCUT2D eigenvalue weighted by Crippen LogP contribution is -2.04. The highest BCUT2D eigenvalue weighted by Crippen LogP contribution is 2.32. The lowest BCUT2D eigenvalue weighted by molar-refractivity contribution is -0.137. The Morgan fingerprint density at radius 2 is 1.70 bits per heavy atom. The number of hydrogen-bond donors (Lipinski definition) is 0. The molecule has 0 aliphatic rings. The first-order valence-corrected chi connectivity index (χ1v) is 6.85. The van der Waals surface area contributed by atoms with Crippen molar-refractivity contribution >= 4 is 28.2 Å². The summed E-state index contributed by atoms with van der Waals surface area (Å²) in [6, 6.07) is 10.7. The van der Waals surface area contributed by atoms with Crippen LogP contribution in [0.3, 0.4) is 0 Å². The normalized spacial score (nSPS) is 12.0. The first-order chi connectivity index (χ1) is 9.47. The quantitative estimate of drug-likeness (QED) is 0.556. The van der Waals surface area contributed by atoms with Crippen molar-refractivity contribution in [1.82, 2.24) is 9.38 Å². The van der Waals surface area contributed by atoms with Gasteiger partial charge in [0.05, 0.1) is 5.56 Å². The van der Waals surface area contributed by atoms with Gasteiger partial charge in [-0.15, -0.1) is 0 Å². The zero-order chi connectivity index (χ0) is 14.3. The molecule has 6 heteroatoms. The number of aromatic nitrogens is 2. The number of imidazole rings is 1. The van der Waals surface area contributed by atoms with Gasteiger partial charge in [0.25, 0.3) is 0 Å². The molecule has 0 aliphatic heterocycles. The molecular formula is C14H8F3IN2. The van der Waals surface area contributed by atoms with Crippen molar-refractivity contribution in [2.75, 3.05) is 0 Å². The van der Waals surface area contributed by atoms with E-state index >= 15 is 0 Å². The fourth-order valence-corrected chi connectivity index (χ4v) is 2.81. The molecule has 0 saturated carbocycles. The average Bonchev–Trinajstić information content (AvgIpc) is 2.76. The van der Waals surface area contributed by atoms with Crippen LogP contribution in [0.5, 0.6) is 0 Å². The molecule has 0 bridgehead atoms. The number of hydrogen-bond acceptors (Lipinski definition) is 1. The van der Waals surface area contributed by atoms with E-state index in [9.17, 15) is 13.2 Å². The predicted molar refractivity (Wildman–Crippen MR) is 78.3 cm³/mol. The van der Waals surface area contributed by atoms with Gasteiger partial charge in [0.2, 0.25) is 0 Å². The Kier molecular flexibility index (Phi) is 3.19. The van der Waals surface area contributed by atoms with Gasteiger partial charge in [0.15, 0.2) is 0 Å². The Morgan fingerprint density at radius 3 is 2.30 bits per heavy atom. The van der Waals surface area contributed by atoms with Crippen LogP contribution in [-0.2, 0) is 6.18 Å². The molecule has 0 spiro atoms. The van der Waals surface area contributed by atoms with E-state index in [1.807, 2.05) is 28.8 Å². The van der Waals surface area contributed by atoms with Crippen molar-refractivity contribution in [2.45, 2.75) is 6.18 Å². The lowest BCUT2D eigenvalue weighted by Gasteiger charge is -2.06. The highest BCUT2D eigenvalue weighted by molar-refractivity contribution is 14.1. The van der Waals surface area contributed by atoms with Gasteiger partial charge in [0, 0.05) is 11.8 Å². The van der Waals surface area contributed by atoms with Crippen LogP contribution >= 0.6 is 22.6 Å². The molecule has 2 aromatic heterocycles. The topological polar surface area (TPSA) is 17.3 Å². The van der Waals surface area contributed by atoms with Crippen LogP contribution in [0.25, 0.3) is 16.9 Å². The monoisotopic (exact) mass is 388 g/mol. The largest absolute Gasteiger partial charge is 0.416 e. The summed E-state index contributed by atoms with van der Waals surface area (Å²) in [5.41, 5.74) is 1.48. The first kappa shape index (κ1) is 13.4. The Labute approximate surface area is 126 Å². The molecule has 20 heavy (non-hydrogen) atoms. The highest BCUT2D eigenvalue weighted by Gasteiger charge is 2.30. The molecule has 2 heterocycles. The fraction of sp³-hybridized carbons (Fsp3) is 0.0714. The van der Waals surface area contributed by atoms with E-state index in [1.165, 1.54) is 12.1 Å². The third-order valence-electron chi connectivity index (χ3n) is 2.96. The Balaban J connectivity index is 2.09. The summed E-state index contributed by atoms with van der Waals surface area (Å²) in [4.78, 5) is 4.45. The SMILES string of the molecule is FC(F)(F)c1ccc(-c2nc3ccccn3c2I)cc1. The van der Waals surface area contributed by atoms with Gasteiger partial charge < -0.3 is 0 Å². The van der Waals surface area contributed by atoms with Gasteiger partial charge in [-0.2, -0.15) is 13.2 Å². The number of fused-ring (bicyclic) bond motifs is 1. The minimum Gasteiger partial charge on any atom is -0.294 e. The van der Waals surface area contributed by atoms with Crippen LogP contribution < -0.4 is 0 Å². The van der Waals surface area contributed by atoms with Crippen molar-refractivity contribution in [3.05, 3.63) is 57.9 Å². The second-order valence-electron chi connectivity index (χ2n) is 4.26. The molecule has 0 saturated heterocycles. The van der Waals surface area contributed by atoms with E-state index in [-0.39, 0.29) is 0 Å². The number of alkyl halides is 3. The summed E-state index contributed by atoms with van der Waals surface area (Å²) >= 11 is 2.14. The van der Waals surface area contributed by atoms with Crippen molar-refractivity contribution in [2.24, 2.45) is 0 Å². The summed E-state index contributed by atoms with van der Waals surface area (Å²) in [6.45, 7) is 0. The van der Waals surface area contributed by atoms with Gasteiger partial charge in [-0.3, -0.25) is 4.40 Å². The van der Waals surface area contributed by atoms with Crippen LogP contribution in [-0.4, -0.2) is 9.38 Å². The molecule has 102 valence electrons. The summed E-state index contributed by atoms with van der Waals surface area (Å²) in [6.07, 6.45) is -2.44. The van der Waals surface area contributed by atoms with Gasteiger partial charge >= 0.3 is 6.18 Å². The standard InChI is InChI=1S/C14H8F3IN2/c15-14(16,17)10-6-4-9(5-7-10)12-13(18)20-8-2-1-3-11(20)19-12/h1-8H. The Hall–Kier alpha value is -1.57. The summed E-state index contributed by atoms with van der Waals surface area (Å²) < 4.78 is 40.4. The van der Waals surface area contributed by atoms with E-state index < -0.39 is 11.7 Å². The average molecular weight is 388 g/mol. The Morgan fingerprint density at radius 1 is 1.00 bits per heavy atom. The van der Waals surface area contributed by atoms with E-state index in [4.69, 9.17) is 0 Å². The number of nitrogens with zero attached hydrogens (tertiary/aromatic N) is 2. The molecule has 0 N–H and O–H groups in total. The molecule has 0 atom stereocenters. The highest BCUT2D eigenvalue weighted by atomic mass is 127. The van der Waals surface area contributed by atoms with Gasteiger partial charge in [-0.05, 0) is 46.9 Å². The molecule has 0 unspecified atom stereocenters. The summed E-state index contributed by atoms with van der Waals surface area (Å²) in [7, 11) is 0. The fourth-order valence-electron chi connectivity index (χ4n) is 1.97. The lowest BCUT2D eigenvalue weighted by atomic mass is 10.1.